The minimum absolute atomic E-state index is 0.656. The molecule has 0 aromatic heterocycles. The number of nitrogens with one attached hydrogen (secondary N) is 1. The monoisotopic (exact) mass is 237 g/mol. The Labute approximate surface area is 108 Å². The van der Waals surface area contributed by atoms with Gasteiger partial charge in [0.15, 0.2) is 0 Å². The second-order valence-corrected chi connectivity index (χ2v) is 6.79. The Balaban J connectivity index is 1.83. The van der Waals surface area contributed by atoms with Crippen LogP contribution in [-0.4, -0.2) is 12.6 Å². The summed E-state index contributed by atoms with van der Waals surface area (Å²) in [6.07, 6.45) is 10.5. The van der Waals surface area contributed by atoms with Gasteiger partial charge >= 0.3 is 0 Å². The molecule has 2 fully saturated rings. The SMILES string of the molecule is CCCC1CCC(CNC(C)C)C(C2CC2)C1. The van der Waals surface area contributed by atoms with E-state index in [9.17, 15) is 0 Å². The molecule has 0 aromatic carbocycles. The average molecular weight is 237 g/mol. The van der Waals surface area contributed by atoms with Gasteiger partial charge in [0.1, 0.15) is 0 Å². The highest BCUT2D eigenvalue weighted by molar-refractivity contribution is 4.91. The zero-order chi connectivity index (χ0) is 12.3. The van der Waals surface area contributed by atoms with Gasteiger partial charge in [0.25, 0.3) is 0 Å². The molecule has 0 spiro atoms. The molecule has 1 nitrogen and oxygen atoms in total. The largest absolute Gasteiger partial charge is 0.314 e. The molecule has 1 N–H and O–H groups in total. The Morgan fingerprint density at radius 2 is 1.88 bits per heavy atom. The molecule has 0 amide bonds. The lowest BCUT2D eigenvalue weighted by Gasteiger charge is -2.37. The summed E-state index contributed by atoms with van der Waals surface area (Å²) in [5, 5.41) is 3.67. The van der Waals surface area contributed by atoms with Crippen LogP contribution < -0.4 is 5.32 Å². The zero-order valence-corrected chi connectivity index (χ0v) is 12.0. The molecule has 0 bridgehead atoms. The van der Waals surface area contributed by atoms with Crippen LogP contribution in [0.1, 0.15) is 65.7 Å². The summed E-state index contributed by atoms with van der Waals surface area (Å²) in [7, 11) is 0. The first-order chi connectivity index (χ1) is 8.20. The number of hydrogen-bond acceptors (Lipinski definition) is 1. The van der Waals surface area contributed by atoms with Crippen LogP contribution in [0.3, 0.4) is 0 Å². The highest BCUT2D eigenvalue weighted by Gasteiger charge is 2.39. The van der Waals surface area contributed by atoms with Crippen LogP contribution in [0.15, 0.2) is 0 Å². The molecule has 0 saturated heterocycles. The minimum Gasteiger partial charge on any atom is -0.314 e. The Morgan fingerprint density at radius 1 is 1.12 bits per heavy atom. The lowest BCUT2D eigenvalue weighted by atomic mass is 9.70. The van der Waals surface area contributed by atoms with Crippen LogP contribution in [0.4, 0.5) is 0 Å². The van der Waals surface area contributed by atoms with E-state index in [0.29, 0.717) is 6.04 Å². The third-order valence-electron chi connectivity index (χ3n) is 4.87. The Kier molecular flexibility index (Phi) is 4.90. The van der Waals surface area contributed by atoms with Crippen molar-refractivity contribution in [2.45, 2.75) is 71.8 Å². The van der Waals surface area contributed by atoms with Crippen LogP contribution in [0.2, 0.25) is 0 Å². The molecule has 0 radical (unpaired) electrons. The second-order valence-electron chi connectivity index (χ2n) is 6.79. The smallest absolute Gasteiger partial charge is 0.00104 e. The van der Waals surface area contributed by atoms with Crippen LogP contribution in [0, 0.1) is 23.7 Å². The fraction of sp³-hybridized carbons (Fsp3) is 1.00. The highest BCUT2D eigenvalue weighted by Crippen LogP contribution is 2.48. The van der Waals surface area contributed by atoms with Crippen LogP contribution in [-0.2, 0) is 0 Å². The van der Waals surface area contributed by atoms with E-state index in [1.165, 1.54) is 45.1 Å². The van der Waals surface area contributed by atoms with Gasteiger partial charge in [0.05, 0.1) is 0 Å². The molecule has 100 valence electrons. The van der Waals surface area contributed by atoms with E-state index in [-0.39, 0.29) is 0 Å². The van der Waals surface area contributed by atoms with E-state index in [2.05, 4.69) is 26.1 Å². The Morgan fingerprint density at radius 3 is 2.47 bits per heavy atom. The lowest BCUT2D eigenvalue weighted by Crippen LogP contribution is -2.36. The molecule has 0 aromatic rings. The average Bonchev–Trinajstić information content (AvgIpc) is 3.11. The molecule has 0 heterocycles. The van der Waals surface area contributed by atoms with Gasteiger partial charge in [-0.3, -0.25) is 0 Å². The fourth-order valence-corrected chi connectivity index (χ4v) is 3.77. The maximum absolute atomic E-state index is 3.67. The van der Waals surface area contributed by atoms with Gasteiger partial charge in [0, 0.05) is 6.04 Å². The van der Waals surface area contributed by atoms with Crippen molar-refractivity contribution in [3.8, 4) is 0 Å². The lowest BCUT2D eigenvalue weighted by molar-refractivity contribution is 0.147. The van der Waals surface area contributed by atoms with E-state index in [1.54, 1.807) is 6.42 Å². The van der Waals surface area contributed by atoms with Crippen molar-refractivity contribution in [3.63, 3.8) is 0 Å². The van der Waals surface area contributed by atoms with Crippen molar-refractivity contribution in [2.75, 3.05) is 6.54 Å². The Bertz CT molecular complexity index is 220. The van der Waals surface area contributed by atoms with Gasteiger partial charge in [-0.25, -0.2) is 0 Å². The molecule has 2 aliphatic carbocycles. The first-order valence-corrected chi connectivity index (χ1v) is 7.94. The van der Waals surface area contributed by atoms with Gasteiger partial charge in [-0.2, -0.15) is 0 Å². The molecule has 3 unspecified atom stereocenters. The molecule has 0 aliphatic heterocycles. The van der Waals surface area contributed by atoms with Crippen molar-refractivity contribution in [1.82, 2.24) is 5.32 Å². The van der Waals surface area contributed by atoms with Crippen molar-refractivity contribution >= 4 is 0 Å². The molecular weight excluding hydrogens is 206 g/mol. The summed E-state index contributed by atoms with van der Waals surface area (Å²) >= 11 is 0. The second kappa shape index (κ2) is 6.22. The maximum Gasteiger partial charge on any atom is 0.00104 e. The van der Waals surface area contributed by atoms with Crippen molar-refractivity contribution < 1.29 is 0 Å². The molecule has 17 heavy (non-hydrogen) atoms. The van der Waals surface area contributed by atoms with E-state index in [4.69, 9.17) is 0 Å². The van der Waals surface area contributed by atoms with Crippen LogP contribution in [0.25, 0.3) is 0 Å². The first kappa shape index (κ1) is 13.4. The number of rotatable bonds is 6. The van der Waals surface area contributed by atoms with Crippen molar-refractivity contribution in [1.29, 1.82) is 0 Å². The normalized spacial score (nSPS) is 34.2. The van der Waals surface area contributed by atoms with E-state index in [0.717, 1.165) is 23.7 Å². The minimum atomic E-state index is 0.656. The highest BCUT2D eigenvalue weighted by atomic mass is 14.9. The van der Waals surface area contributed by atoms with Gasteiger partial charge in [0.2, 0.25) is 0 Å². The summed E-state index contributed by atoms with van der Waals surface area (Å²) < 4.78 is 0. The molecular formula is C16H31N. The topological polar surface area (TPSA) is 12.0 Å². The zero-order valence-electron chi connectivity index (χ0n) is 12.0. The molecule has 2 aliphatic rings. The van der Waals surface area contributed by atoms with E-state index < -0.39 is 0 Å². The summed E-state index contributed by atoms with van der Waals surface area (Å²) in [6, 6.07) is 0.656. The number of hydrogen-bond donors (Lipinski definition) is 1. The maximum atomic E-state index is 3.67. The van der Waals surface area contributed by atoms with Gasteiger partial charge in [-0.05, 0) is 55.9 Å². The predicted molar refractivity (Wildman–Crippen MR) is 75.1 cm³/mol. The molecule has 2 rings (SSSR count). The summed E-state index contributed by atoms with van der Waals surface area (Å²) in [6.45, 7) is 8.17. The van der Waals surface area contributed by atoms with E-state index in [1.807, 2.05) is 0 Å². The summed E-state index contributed by atoms with van der Waals surface area (Å²) in [5.41, 5.74) is 0. The fourth-order valence-electron chi connectivity index (χ4n) is 3.77. The quantitative estimate of drug-likeness (QED) is 0.729. The standard InChI is InChI=1S/C16H31N/c1-4-5-13-6-7-15(11-17-12(2)3)16(10-13)14-8-9-14/h12-17H,4-11H2,1-3H3. The van der Waals surface area contributed by atoms with Crippen molar-refractivity contribution in [3.05, 3.63) is 0 Å². The van der Waals surface area contributed by atoms with Crippen LogP contribution in [0.5, 0.6) is 0 Å². The molecule has 1 heteroatoms. The molecule has 3 atom stereocenters. The van der Waals surface area contributed by atoms with Gasteiger partial charge < -0.3 is 5.32 Å². The Hall–Kier alpha value is -0.0400. The first-order valence-electron chi connectivity index (χ1n) is 7.94. The third-order valence-corrected chi connectivity index (χ3v) is 4.87. The predicted octanol–water partition coefficient (Wildman–Crippen LogP) is 4.23. The van der Waals surface area contributed by atoms with E-state index >= 15 is 0 Å². The summed E-state index contributed by atoms with van der Waals surface area (Å²) in [4.78, 5) is 0. The third kappa shape index (κ3) is 3.98. The van der Waals surface area contributed by atoms with Crippen LogP contribution >= 0.6 is 0 Å². The summed E-state index contributed by atoms with van der Waals surface area (Å²) in [5.74, 6) is 4.21. The van der Waals surface area contributed by atoms with Gasteiger partial charge in [-0.1, -0.05) is 40.0 Å². The van der Waals surface area contributed by atoms with Crippen molar-refractivity contribution in [2.24, 2.45) is 23.7 Å². The molecule has 2 saturated carbocycles. The van der Waals surface area contributed by atoms with Gasteiger partial charge in [-0.15, -0.1) is 0 Å².